The van der Waals surface area contributed by atoms with E-state index in [9.17, 15) is 4.79 Å². The molecule has 1 atom stereocenters. The molecule has 25 heavy (non-hydrogen) atoms. The molecular formula is C19H20N2O3S. The van der Waals surface area contributed by atoms with Gasteiger partial charge in [0, 0.05) is 10.6 Å². The Morgan fingerprint density at radius 3 is 2.60 bits per heavy atom. The van der Waals surface area contributed by atoms with E-state index < -0.39 is 0 Å². The molecule has 2 aromatic carbocycles. The Morgan fingerprint density at radius 1 is 1.20 bits per heavy atom. The SMILES string of the molecule is COc1ccccc1OCC(=O)Nc1ccccc1SCC(C)C#N. The van der Waals surface area contributed by atoms with Crippen LogP contribution >= 0.6 is 11.8 Å². The quantitative estimate of drug-likeness (QED) is 0.725. The monoisotopic (exact) mass is 356 g/mol. The number of carbonyl (C=O) groups excluding carboxylic acids is 1. The normalized spacial score (nSPS) is 11.2. The number of rotatable bonds is 8. The van der Waals surface area contributed by atoms with E-state index in [-0.39, 0.29) is 18.4 Å². The Labute approximate surface area is 151 Å². The maximum Gasteiger partial charge on any atom is 0.262 e. The summed E-state index contributed by atoms with van der Waals surface area (Å²) in [5, 5.41) is 11.7. The fourth-order valence-corrected chi connectivity index (χ4v) is 2.97. The molecule has 0 saturated heterocycles. The van der Waals surface area contributed by atoms with Crippen molar-refractivity contribution in [2.75, 3.05) is 24.8 Å². The van der Waals surface area contributed by atoms with E-state index in [2.05, 4.69) is 11.4 Å². The summed E-state index contributed by atoms with van der Waals surface area (Å²) in [4.78, 5) is 13.1. The Kier molecular flexibility index (Phi) is 7.17. The molecule has 5 nitrogen and oxygen atoms in total. The van der Waals surface area contributed by atoms with E-state index in [0.717, 1.165) is 4.90 Å². The van der Waals surface area contributed by atoms with Crippen LogP contribution in [0.25, 0.3) is 0 Å². The average Bonchev–Trinajstić information content (AvgIpc) is 2.65. The number of anilines is 1. The van der Waals surface area contributed by atoms with Gasteiger partial charge in [-0.3, -0.25) is 4.79 Å². The van der Waals surface area contributed by atoms with Crippen molar-refractivity contribution in [3.05, 3.63) is 48.5 Å². The summed E-state index contributed by atoms with van der Waals surface area (Å²) < 4.78 is 10.7. The fourth-order valence-electron chi connectivity index (χ4n) is 2.02. The third kappa shape index (κ3) is 5.73. The van der Waals surface area contributed by atoms with Gasteiger partial charge in [0.15, 0.2) is 18.1 Å². The minimum Gasteiger partial charge on any atom is -0.493 e. The zero-order valence-corrected chi connectivity index (χ0v) is 15.0. The highest BCUT2D eigenvalue weighted by Crippen LogP contribution is 2.29. The van der Waals surface area contributed by atoms with Crippen LogP contribution in [0, 0.1) is 17.2 Å². The van der Waals surface area contributed by atoms with Gasteiger partial charge in [0.25, 0.3) is 5.91 Å². The molecule has 0 aliphatic carbocycles. The lowest BCUT2D eigenvalue weighted by Crippen LogP contribution is -2.20. The highest BCUT2D eigenvalue weighted by Gasteiger charge is 2.10. The molecule has 0 aliphatic heterocycles. The molecule has 6 heteroatoms. The van der Waals surface area contributed by atoms with E-state index in [1.165, 1.54) is 0 Å². The molecule has 2 aromatic rings. The Balaban J connectivity index is 1.95. The van der Waals surface area contributed by atoms with Crippen molar-refractivity contribution in [1.82, 2.24) is 0 Å². The summed E-state index contributed by atoms with van der Waals surface area (Å²) in [5.74, 6) is 1.46. The molecule has 0 radical (unpaired) electrons. The van der Waals surface area contributed by atoms with Gasteiger partial charge >= 0.3 is 0 Å². The van der Waals surface area contributed by atoms with Gasteiger partial charge in [-0.2, -0.15) is 5.26 Å². The molecule has 130 valence electrons. The maximum atomic E-state index is 12.2. The third-order valence-corrected chi connectivity index (χ3v) is 4.63. The van der Waals surface area contributed by atoms with Gasteiger partial charge in [0.2, 0.25) is 0 Å². The summed E-state index contributed by atoms with van der Waals surface area (Å²) in [6, 6.07) is 16.9. The van der Waals surface area contributed by atoms with Crippen LogP contribution in [0.5, 0.6) is 11.5 Å². The lowest BCUT2D eigenvalue weighted by atomic mass is 10.3. The first-order valence-electron chi connectivity index (χ1n) is 7.81. The summed E-state index contributed by atoms with van der Waals surface area (Å²) in [5.41, 5.74) is 0.714. The second-order valence-corrected chi connectivity index (χ2v) is 6.39. The predicted molar refractivity (Wildman–Crippen MR) is 99.1 cm³/mol. The molecule has 0 spiro atoms. The predicted octanol–water partition coefficient (Wildman–Crippen LogP) is 3.96. The van der Waals surface area contributed by atoms with Gasteiger partial charge in [0.05, 0.1) is 24.8 Å². The first-order valence-corrected chi connectivity index (χ1v) is 8.79. The van der Waals surface area contributed by atoms with Crippen molar-refractivity contribution in [2.45, 2.75) is 11.8 Å². The molecule has 1 N–H and O–H groups in total. The lowest BCUT2D eigenvalue weighted by molar-refractivity contribution is -0.118. The van der Waals surface area contributed by atoms with E-state index in [4.69, 9.17) is 14.7 Å². The van der Waals surface area contributed by atoms with Crippen LogP contribution in [0.1, 0.15) is 6.92 Å². The van der Waals surface area contributed by atoms with Crippen LogP contribution in [0.2, 0.25) is 0 Å². The molecular weight excluding hydrogens is 336 g/mol. The van der Waals surface area contributed by atoms with Gasteiger partial charge in [-0.15, -0.1) is 11.8 Å². The zero-order chi connectivity index (χ0) is 18.1. The Bertz CT molecular complexity index is 758. The van der Waals surface area contributed by atoms with Crippen LogP contribution in [0.15, 0.2) is 53.4 Å². The highest BCUT2D eigenvalue weighted by atomic mass is 32.2. The van der Waals surface area contributed by atoms with Gasteiger partial charge in [-0.1, -0.05) is 24.3 Å². The largest absolute Gasteiger partial charge is 0.493 e. The lowest BCUT2D eigenvalue weighted by Gasteiger charge is -2.13. The van der Waals surface area contributed by atoms with Gasteiger partial charge in [-0.25, -0.2) is 0 Å². The second-order valence-electron chi connectivity index (χ2n) is 5.33. The number of thioether (sulfide) groups is 1. The number of nitrogens with one attached hydrogen (secondary N) is 1. The first kappa shape index (κ1) is 18.7. The first-order chi connectivity index (χ1) is 12.1. The number of hydrogen-bond acceptors (Lipinski definition) is 5. The molecule has 0 saturated carbocycles. The maximum absolute atomic E-state index is 12.2. The number of hydrogen-bond donors (Lipinski definition) is 1. The van der Waals surface area contributed by atoms with Crippen molar-refractivity contribution in [1.29, 1.82) is 5.26 Å². The average molecular weight is 356 g/mol. The van der Waals surface area contributed by atoms with Crippen LogP contribution in [-0.2, 0) is 4.79 Å². The number of carbonyl (C=O) groups is 1. The highest BCUT2D eigenvalue weighted by molar-refractivity contribution is 7.99. The molecule has 0 aromatic heterocycles. The molecule has 2 rings (SSSR count). The van der Waals surface area contributed by atoms with Crippen LogP contribution in [-0.4, -0.2) is 25.4 Å². The van der Waals surface area contributed by atoms with Crippen molar-refractivity contribution in [2.24, 2.45) is 5.92 Å². The van der Waals surface area contributed by atoms with Crippen molar-refractivity contribution in [3.63, 3.8) is 0 Å². The van der Waals surface area contributed by atoms with E-state index in [1.54, 1.807) is 31.0 Å². The van der Waals surface area contributed by atoms with E-state index in [1.807, 2.05) is 43.3 Å². The number of ether oxygens (including phenoxy) is 2. The standard InChI is InChI=1S/C19H20N2O3S/c1-14(11-20)13-25-18-10-6-3-7-15(18)21-19(22)12-24-17-9-5-4-8-16(17)23-2/h3-10,14H,12-13H2,1-2H3,(H,21,22). The summed E-state index contributed by atoms with van der Waals surface area (Å²) >= 11 is 1.54. The smallest absolute Gasteiger partial charge is 0.262 e. The van der Waals surface area contributed by atoms with Gasteiger partial charge in [-0.05, 0) is 31.2 Å². The van der Waals surface area contributed by atoms with Crippen LogP contribution in [0.3, 0.4) is 0 Å². The van der Waals surface area contributed by atoms with Crippen molar-refractivity contribution < 1.29 is 14.3 Å². The van der Waals surface area contributed by atoms with E-state index in [0.29, 0.717) is 22.9 Å². The van der Waals surface area contributed by atoms with Gasteiger partial charge in [0.1, 0.15) is 0 Å². The van der Waals surface area contributed by atoms with Crippen molar-refractivity contribution >= 4 is 23.4 Å². The molecule has 0 fully saturated rings. The van der Waals surface area contributed by atoms with E-state index >= 15 is 0 Å². The molecule has 1 amide bonds. The van der Waals surface area contributed by atoms with Gasteiger partial charge < -0.3 is 14.8 Å². The summed E-state index contributed by atoms with van der Waals surface area (Å²) in [6.45, 7) is 1.75. The molecule has 0 bridgehead atoms. The number of benzene rings is 2. The second kappa shape index (κ2) is 9.60. The fraction of sp³-hybridized carbons (Fsp3) is 0.263. The topological polar surface area (TPSA) is 71.3 Å². The van der Waals surface area contributed by atoms with Crippen LogP contribution < -0.4 is 14.8 Å². The minimum absolute atomic E-state index is 0.0531. The zero-order valence-electron chi connectivity index (χ0n) is 14.2. The third-order valence-electron chi connectivity index (χ3n) is 3.30. The Morgan fingerprint density at radius 2 is 1.88 bits per heavy atom. The molecule has 0 aliphatic rings. The molecule has 1 unspecified atom stereocenters. The number of amides is 1. The number of para-hydroxylation sites is 3. The summed E-state index contributed by atoms with van der Waals surface area (Å²) in [6.07, 6.45) is 0. The number of nitriles is 1. The van der Waals surface area contributed by atoms with Crippen molar-refractivity contribution in [3.8, 4) is 17.6 Å². The number of methoxy groups -OCH3 is 1. The summed E-state index contributed by atoms with van der Waals surface area (Å²) in [7, 11) is 1.55. The van der Waals surface area contributed by atoms with Crippen LogP contribution in [0.4, 0.5) is 5.69 Å². The number of nitrogens with zero attached hydrogens (tertiary/aromatic N) is 1. The Hall–Kier alpha value is -2.65. The molecule has 0 heterocycles. The minimum atomic E-state index is -0.257.